The van der Waals surface area contributed by atoms with Crippen LogP contribution >= 0.6 is 11.3 Å². The first-order chi connectivity index (χ1) is 14.7. The van der Waals surface area contributed by atoms with Gasteiger partial charge in [0.1, 0.15) is 0 Å². The molecule has 0 aliphatic carbocycles. The van der Waals surface area contributed by atoms with Gasteiger partial charge < -0.3 is 10.3 Å². The van der Waals surface area contributed by atoms with E-state index in [0.717, 1.165) is 42.6 Å². The van der Waals surface area contributed by atoms with E-state index in [4.69, 9.17) is 5.73 Å². The average molecular weight is 437 g/mol. The predicted octanol–water partition coefficient (Wildman–Crippen LogP) is 6.90. The van der Waals surface area contributed by atoms with Crippen LogP contribution in [0.25, 0.3) is 11.1 Å². The molecule has 31 heavy (non-hydrogen) atoms. The highest BCUT2D eigenvalue weighted by atomic mass is 32.1. The molecule has 0 saturated carbocycles. The van der Waals surface area contributed by atoms with Gasteiger partial charge in [-0.3, -0.25) is 4.79 Å². The van der Waals surface area contributed by atoms with Crippen molar-refractivity contribution >= 4 is 17.2 Å². The molecular weight excluding hydrogens is 400 g/mol. The number of hydrogen-bond donors (Lipinski definition) is 1. The van der Waals surface area contributed by atoms with Gasteiger partial charge in [0, 0.05) is 28.4 Å². The summed E-state index contributed by atoms with van der Waals surface area (Å²) in [5, 5.41) is 2.12. The van der Waals surface area contributed by atoms with Crippen molar-refractivity contribution < 1.29 is 4.79 Å². The third kappa shape index (κ3) is 5.30. The van der Waals surface area contributed by atoms with Crippen molar-refractivity contribution in [3.8, 4) is 11.1 Å². The normalized spacial score (nSPS) is 11.8. The van der Waals surface area contributed by atoms with Gasteiger partial charge in [-0.15, -0.1) is 11.3 Å². The summed E-state index contributed by atoms with van der Waals surface area (Å²) >= 11 is 1.79. The fourth-order valence-electron chi connectivity index (χ4n) is 4.33. The number of carbonyl (C=O) groups is 1. The Bertz CT molecular complexity index is 1010. The van der Waals surface area contributed by atoms with Crippen molar-refractivity contribution in [2.45, 2.75) is 78.7 Å². The van der Waals surface area contributed by atoms with E-state index in [1.165, 1.54) is 29.0 Å². The van der Waals surface area contributed by atoms with Crippen LogP contribution in [0.5, 0.6) is 0 Å². The molecule has 4 heteroatoms. The number of aryl methyl sites for hydroxylation is 1. The number of aromatic nitrogens is 1. The summed E-state index contributed by atoms with van der Waals surface area (Å²) in [6.45, 7) is 11.8. The lowest BCUT2D eigenvalue weighted by molar-refractivity contribution is 0.1000. The minimum absolute atomic E-state index is 0.0948. The van der Waals surface area contributed by atoms with Gasteiger partial charge >= 0.3 is 0 Å². The molecule has 0 aliphatic rings. The highest BCUT2D eigenvalue weighted by Crippen LogP contribution is 2.35. The molecule has 0 saturated heterocycles. The minimum atomic E-state index is -0.334. The molecule has 0 unspecified atom stereocenters. The lowest BCUT2D eigenvalue weighted by atomic mass is 9.86. The van der Waals surface area contributed by atoms with Gasteiger partial charge in [0.2, 0.25) is 0 Å². The van der Waals surface area contributed by atoms with Gasteiger partial charge in [-0.1, -0.05) is 70.9 Å². The zero-order chi connectivity index (χ0) is 22.6. The molecule has 2 heterocycles. The lowest BCUT2D eigenvalue weighted by Gasteiger charge is -2.19. The first kappa shape index (κ1) is 23.3. The number of benzene rings is 1. The molecule has 3 nitrogen and oxygen atoms in total. The Morgan fingerprint density at radius 3 is 2.32 bits per heavy atom. The van der Waals surface area contributed by atoms with E-state index in [1.54, 1.807) is 11.3 Å². The van der Waals surface area contributed by atoms with E-state index in [-0.39, 0.29) is 11.3 Å². The van der Waals surface area contributed by atoms with E-state index in [2.05, 4.69) is 74.0 Å². The van der Waals surface area contributed by atoms with Crippen molar-refractivity contribution in [2.24, 2.45) is 5.73 Å². The lowest BCUT2D eigenvalue weighted by Crippen LogP contribution is -2.14. The van der Waals surface area contributed by atoms with Gasteiger partial charge in [-0.25, -0.2) is 0 Å². The quantitative estimate of drug-likeness (QED) is 0.364. The molecule has 0 aliphatic heterocycles. The zero-order valence-corrected chi connectivity index (χ0v) is 20.4. The third-order valence-corrected chi connectivity index (χ3v) is 7.03. The van der Waals surface area contributed by atoms with Gasteiger partial charge in [-0.2, -0.15) is 0 Å². The number of thiophene rings is 1. The molecule has 2 N–H and O–H groups in total. The maximum atomic E-state index is 12.6. The van der Waals surface area contributed by atoms with E-state index >= 15 is 0 Å². The predicted molar refractivity (Wildman–Crippen MR) is 133 cm³/mol. The van der Waals surface area contributed by atoms with Crippen LogP contribution < -0.4 is 5.73 Å². The average Bonchev–Trinajstić information content (AvgIpc) is 3.32. The number of rotatable bonds is 9. The van der Waals surface area contributed by atoms with Gasteiger partial charge in [0.15, 0.2) is 0 Å². The van der Waals surface area contributed by atoms with Gasteiger partial charge in [-0.05, 0) is 54.2 Å². The molecule has 0 spiro atoms. The highest BCUT2D eigenvalue weighted by molar-refractivity contribution is 7.09. The number of amides is 1. The molecule has 0 fully saturated rings. The van der Waals surface area contributed by atoms with Crippen LogP contribution in [0.1, 0.15) is 79.1 Å². The molecule has 0 atom stereocenters. The van der Waals surface area contributed by atoms with E-state index in [0.29, 0.717) is 5.56 Å². The van der Waals surface area contributed by atoms with Crippen molar-refractivity contribution in [3.05, 3.63) is 69.2 Å². The summed E-state index contributed by atoms with van der Waals surface area (Å²) in [6, 6.07) is 13.0. The van der Waals surface area contributed by atoms with Gasteiger partial charge in [0.25, 0.3) is 5.91 Å². The monoisotopic (exact) mass is 436 g/mol. The summed E-state index contributed by atoms with van der Waals surface area (Å²) in [7, 11) is 0. The minimum Gasteiger partial charge on any atom is -0.366 e. The van der Waals surface area contributed by atoms with Crippen molar-refractivity contribution in [3.63, 3.8) is 0 Å². The molecule has 3 aromatic rings. The van der Waals surface area contributed by atoms with Crippen LogP contribution in [-0.4, -0.2) is 10.5 Å². The molecule has 1 amide bonds. The van der Waals surface area contributed by atoms with Gasteiger partial charge in [0.05, 0.1) is 5.56 Å². The number of unbranched alkanes of at least 4 members (excludes halogenated alkanes) is 2. The van der Waals surface area contributed by atoms with Crippen molar-refractivity contribution in [1.82, 2.24) is 4.57 Å². The summed E-state index contributed by atoms with van der Waals surface area (Å²) in [6.07, 6.45) is 5.40. The second-order valence-corrected chi connectivity index (χ2v) is 10.4. The maximum absolute atomic E-state index is 12.6. The Labute approximate surface area is 191 Å². The Hall–Kier alpha value is -2.33. The molecule has 166 valence electrons. The summed E-state index contributed by atoms with van der Waals surface area (Å²) in [5.41, 5.74) is 12.4. The van der Waals surface area contributed by atoms with E-state index < -0.39 is 0 Å². The molecule has 0 bridgehead atoms. The number of hydrogen-bond acceptors (Lipinski definition) is 2. The zero-order valence-electron chi connectivity index (χ0n) is 19.6. The Balaban J connectivity index is 2.10. The number of primary amides is 1. The fraction of sp³-hybridized carbons (Fsp3) is 0.444. The second kappa shape index (κ2) is 9.86. The number of carbonyl (C=O) groups excluding carboxylic acids is 1. The van der Waals surface area contributed by atoms with Crippen LogP contribution in [0, 0.1) is 6.92 Å². The van der Waals surface area contributed by atoms with Crippen LogP contribution in [0.4, 0.5) is 0 Å². The Kier molecular flexibility index (Phi) is 7.42. The van der Waals surface area contributed by atoms with Crippen molar-refractivity contribution in [1.29, 1.82) is 0 Å². The molecule has 0 radical (unpaired) electrons. The number of nitrogens with zero attached hydrogens (tertiary/aromatic N) is 1. The van der Waals surface area contributed by atoms with E-state index in [9.17, 15) is 4.79 Å². The Morgan fingerprint density at radius 2 is 1.77 bits per heavy atom. The number of nitrogens with two attached hydrogens (primary N) is 1. The standard InChI is InChI=1S/C27H36N2OS/c1-6-7-8-11-23-25(20-12-14-21(15-13-20)27(3,4)5)24(26(28)30)19(2)29(23)17-16-22-10-9-18-31-22/h9-10,12-15,18H,6-8,11,16-17H2,1-5H3,(H2,28,30). The largest absolute Gasteiger partial charge is 0.366 e. The van der Waals surface area contributed by atoms with E-state index in [1.807, 2.05) is 6.92 Å². The summed E-state index contributed by atoms with van der Waals surface area (Å²) in [5.74, 6) is -0.334. The van der Waals surface area contributed by atoms with Crippen LogP contribution in [0.15, 0.2) is 41.8 Å². The van der Waals surface area contributed by atoms with Crippen LogP contribution in [0.2, 0.25) is 0 Å². The second-order valence-electron chi connectivity index (χ2n) is 9.41. The maximum Gasteiger partial charge on any atom is 0.251 e. The third-order valence-electron chi connectivity index (χ3n) is 6.10. The highest BCUT2D eigenvalue weighted by Gasteiger charge is 2.25. The van der Waals surface area contributed by atoms with Crippen molar-refractivity contribution in [2.75, 3.05) is 0 Å². The van der Waals surface area contributed by atoms with Crippen LogP contribution in [-0.2, 0) is 24.8 Å². The first-order valence-corrected chi connectivity index (χ1v) is 12.3. The Morgan fingerprint density at radius 1 is 1.06 bits per heavy atom. The smallest absolute Gasteiger partial charge is 0.251 e. The first-order valence-electron chi connectivity index (χ1n) is 11.4. The molecule has 3 rings (SSSR count). The molecule has 2 aromatic heterocycles. The van der Waals surface area contributed by atoms with Crippen LogP contribution in [0.3, 0.4) is 0 Å². The summed E-state index contributed by atoms with van der Waals surface area (Å²) in [4.78, 5) is 13.9. The summed E-state index contributed by atoms with van der Waals surface area (Å²) < 4.78 is 2.35. The fourth-order valence-corrected chi connectivity index (χ4v) is 5.03. The SMILES string of the molecule is CCCCCc1c(-c2ccc(C(C)(C)C)cc2)c(C(N)=O)c(C)n1CCc1cccs1. The molecule has 1 aromatic carbocycles. The molecular formula is C27H36N2OS. The topological polar surface area (TPSA) is 48.0 Å².